The van der Waals surface area contributed by atoms with E-state index in [1.807, 2.05) is 6.07 Å². The Bertz CT molecular complexity index is 587. The summed E-state index contributed by atoms with van der Waals surface area (Å²) in [5.74, 6) is 0.304. The molecule has 3 rings (SSSR count). The number of ether oxygens (including phenoxy) is 2. The first-order chi connectivity index (χ1) is 11.1. The first kappa shape index (κ1) is 16.4. The van der Waals surface area contributed by atoms with E-state index in [-0.39, 0.29) is 6.10 Å². The van der Waals surface area contributed by atoms with Gasteiger partial charge in [0.15, 0.2) is 11.5 Å². The summed E-state index contributed by atoms with van der Waals surface area (Å²) in [4.78, 5) is 11.9. The number of aliphatic carboxylic acids is 1. The summed E-state index contributed by atoms with van der Waals surface area (Å²) in [5, 5.41) is 10.2. The van der Waals surface area contributed by atoms with Gasteiger partial charge in [0.1, 0.15) is 0 Å². The van der Waals surface area contributed by atoms with Crippen molar-refractivity contribution in [2.75, 3.05) is 7.11 Å². The van der Waals surface area contributed by atoms with Gasteiger partial charge in [0.2, 0.25) is 0 Å². The first-order valence-corrected chi connectivity index (χ1v) is 8.73. The Balaban J connectivity index is 2.01. The molecule has 1 aromatic carbocycles. The van der Waals surface area contributed by atoms with Crippen LogP contribution < -0.4 is 9.47 Å². The maximum Gasteiger partial charge on any atom is 0.314 e. The normalized spacial score (nSPS) is 20.6. The standard InChI is InChI=1S/C18H23ClO4/c1-22-16-14(19)10-12(18(17(20)21)8-4-5-9-18)11-15(16)23-13-6-2-3-7-13/h10-11,13H,2-9H2,1H3,(H,20,21). The molecule has 0 spiro atoms. The topological polar surface area (TPSA) is 55.8 Å². The highest BCUT2D eigenvalue weighted by Gasteiger charge is 2.43. The minimum absolute atomic E-state index is 0.166. The van der Waals surface area contributed by atoms with Crippen molar-refractivity contribution >= 4 is 17.6 Å². The lowest BCUT2D eigenvalue weighted by atomic mass is 9.79. The van der Waals surface area contributed by atoms with Crippen molar-refractivity contribution in [2.24, 2.45) is 0 Å². The van der Waals surface area contributed by atoms with Gasteiger partial charge in [-0.05, 0) is 56.2 Å². The number of carboxylic acid groups (broad SMARTS) is 1. The highest BCUT2D eigenvalue weighted by molar-refractivity contribution is 6.32. The largest absolute Gasteiger partial charge is 0.491 e. The van der Waals surface area contributed by atoms with Crippen molar-refractivity contribution in [3.8, 4) is 11.5 Å². The molecule has 0 saturated heterocycles. The van der Waals surface area contributed by atoms with E-state index in [9.17, 15) is 9.90 Å². The van der Waals surface area contributed by atoms with E-state index < -0.39 is 11.4 Å². The third-order valence-electron chi connectivity index (χ3n) is 5.23. The fraction of sp³-hybridized carbons (Fsp3) is 0.611. The molecule has 0 bridgehead atoms. The van der Waals surface area contributed by atoms with Gasteiger partial charge in [-0.15, -0.1) is 0 Å². The summed E-state index contributed by atoms with van der Waals surface area (Å²) < 4.78 is 11.5. The predicted molar refractivity (Wildman–Crippen MR) is 88.7 cm³/mol. The van der Waals surface area contributed by atoms with E-state index >= 15 is 0 Å². The average Bonchev–Trinajstić information content (AvgIpc) is 3.18. The monoisotopic (exact) mass is 338 g/mol. The molecule has 0 unspecified atom stereocenters. The molecule has 2 aliphatic carbocycles. The molecule has 23 heavy (non-hydrogen) atoms. The van der Waals surface area contributed by atoms with E-state index in [1.54, 1.807) is 13.2 Å². The molecular formula is C18H23ClO4. The zero-order valence-electron chi connectivity index (χ0n) is 13.4. The number of hydrogen-bond acceptors (Lipinski definition) is 3. The molecule has 5 heteroatoms. The predicted octanol–water partition coefficient (Wildman–Crippen LogP) is 4.57. The Morgan fingerprint density at radius 1 is 1.22 bits per heavy atom. The Morgan fingerprint density at radius 3 is 2.43 bits per heavy atom. The van der Waals surface area contributed by atoms with E-state index in [2.05, 4.69) is 0 Å². The second kappa shape index (κ2) is 6.60. The summed E-state index contributed by atoms with van der Waals surface area (Å²) in [6, 6.07) is 3.57. The molecule has 2 saturated carbocycles. The zero-order chi connectivity index (χ0) is 16.4. The number of methoxy groups -OCH3 is 1. The highest BCUT2D eigenvalue weighted by atomic mass is 35.5. The average molecular weight is 339 g/mol. The SMILES string of the molecule is COc1c(Cl)cc(C2(C(=O)O)CCCC2)cc1OC1CCCC1. The fourth-order valence-electron chi connectivity index (χ4n) is 3.92. The maximum absolute atomic E-state index is 11.9. The number of carbonyl (C=O) groups is 1. The molecule has 2 fully saturated rings. The minimum atomic E-state index is -0.844. The number of rotatable bonds is 5. The van der Waals surface area contributed by atoms with Crippen molar-refractivity contribution in [3.63, 3.8) is 0 Å². The van der Waals surface area contributed by atoms with Crippen molar-refractivity contribution in [1.82, 2.24) is 0 Å². The van der Waals surface area contributed by atoms with Crippen LogP contribution in [0.25, 0.3) is 0 Å². The summed E-state index contributed by atoms with van der Waals surface area (Å²) >= 11 is 6.37. The fourth-order valence-corrected chi connectivity index (χ4v) is 4.21. The second-order valence-corrected chi connectivity index (χ2v) is 7.02. The molecule has 0 heterocycles. The molecule has 0 atom stereocenters. The van der Waals surface area contributed by atoms with Gasteiger partial charge in [-0.2, -0.15) is 0 Å². The Kier molecular flexibility index (Phi) is 4.72. The van der Waals surface area contributed by atoms with Gasteiger partial charge in [-0.25, -0.2) is 0 Å². The van der Waals surface area contributed by atoms with Crippen molar-refractivity contribution in [1.29, 1.82) is 0 Å². The Hall–Kier alpha value is -1.42. The minimum Gasteiger partial charge on any atom is -0.491 e. The Labute approximate surface area is 141 Å². The highest BCUT2D eigenvalue weighted by Crippen LogP contribution is 2.47. The third kappa shape index (κ3) is 3.01. The van der Waals surface area contributed by atoms with E-state index in [1.165, 1.54) is 12.8 Å². The number of hydrogen-bond donors (Lipinski definition) is 1. The molecule has 0 aliphatic heterocycles. The van der Waals surface area contributed by atoms with Gasteiger partial charge in [-0.3, -0.25) is 4.79 Å². The maximum atomic E-state index is 11.9. The molecule has 1 N–H and O–H groups in total. The van der Waals surface area contributed by atoms with Gasteiger partial charge >= 0.3 is 5.97 Å². The summed E-state index contributed by atoms with van der Waals surface area (Å²) in [6.07, 6.45) is 7.69. The summed E-state index contributed by atoms with van der Waals surface area (Å²) in [5.41, 5.74) is -0.106. The van der Waals surface area contributed by atoms with Gasteiger partial charge in [0.25, 0.3) is 0 Å². The molecule has 0 radical (unpaired) electrons. The molecule has 0 aromatic heterocycles. The number of halogens is 1. The molecule has 126 valence electrons. The van der Waals surface area contributed by atoms with Crippen LogP contribution in [-0.4, -0.2) is 24.3 Å². The molecule has 2 aliphatic rings. The van der Waals surface area contributed by atoms with Crippen LogP contribution in [0.5, 0.6) is 11.5 Å². The van der Waals surface area contributed by atoms with Gasteiger partial charge in [-0.1, -0.05) is 24.4 Å². The van der Waals surface area contributed by atoms with Crippen LogP contribution in [0.3, 0.4) is 0 Å². The molecular weight excluding hydrogens is 316 g/mol. The lowest BCUT2D eigenvalue weighted by Gasteiger charge is -2.26. The van der Waals surface area contributed by atoms with Crippen LogP contribution in [0.15, 0.2) is 12.1 Å². The lowest BCUT2D eigenvalue weighted by Crippen LogP contribution is -2.32. The lowest BCUT2D eigenvalue weighted by molar-refractivity contribution is -0.143. The smallest absolute Gasteiger partial charge is 0.314 e. The van der Waals surface area contributed by atoms with Crippen molar-refractivity contribution in [2.45, 2.75) is 62.9 Å². The molecule has 4 nitrogen and oxygen atoms in total. The summed E-state index contributed by atoms with van der Waals surface area (Å²) in [6.45, 7) is 0. The van der Waals surface area contributed by atoms with E-state index in [0.29, 0.717) is 29.4 Å². The Morgan fingerprint density at radius 2 is 1.87 bits per heavy atom. The zero-order valence-corrected chi connectivity index (χ0v) is 14.2. The molecule has 0 amide bonds. The van der Waals surface area contributed by atoms with E-state index in [0.717, 1.165) is 31.2 Å². The van der Waals surface area contributed by atoms with Gasteiger partial charge in [0.05, 0.1) is 23.7 Å². The second-order valence-electron chi connectivity index (χ2n) is 6.61. The summed E-state index contributed by atoms with van der Waals surface area (Å²) in [7, 11) is 1.56. The quantitative estimate of drug-likeness (QED) is 0.854. The van der Waals surface area contributed by atoms with Crippen LogP contribution in [0, 0.1) is 0 Å². The molecule has 1 aromatic rings. The van der Waals surface area contributed by atoms with Crippen LogP contribution in [0.4, 0.5) is 0 Å². The van der Waals surface area contributed by atoms with Crippen molar-refractivity contribution < 1.29 is 19.4 Å². The van der Waals surface area contributed by atoms with Crippen LogP contribution in [0.2, 0.25) is 5.02 Å². The number of carboxylic acids is 1. The van der Waals surface area contributed by atoms with Gasteiger partial charge in [0, 0.05) is 0 Å². The van der Waals surface area contributed by atoms with Gasteiger partial charge < -0.3 is 14.6 Å². The van der Waals surface area contributed by atoms with Crippen LogP contribution >= 0.6 is 11.6 Å². The van der Waals surface area contributed by atoms with Crippen LogP contribution in [-0.2, 0) is 10.2 Å². The van der Waals surface area contributed by atoms with Crippen molar-refractivity contribution in [3.05, 3.63) is 22.7 Å². The van der Waals surface area contributed by atoms with Crippen LogP contribution in [0.1, 0.15) is 56.9 Å². The first-order valence-electron chi connectivity index (χ1n) is 8.35. The third-order valence-corrected chi connectivity index (χ3v) is 5.51. The van der Waals surface area contributed by atoms with E-state index in [4.69, 9.17) is 21.1 Å². The number of benzene rings is 1.